The maximum absolute atomic E-state index is 13.0. The van der Waals surface area contributed by atoms with E-state index in [0.717, 1.165) is 11.3 Å². The van der Waals surface area contributed by atoms with Crippen LogP contribution in [0.3, 0.4) is 0 Å². The van der Waals surface area contributed by atoms with Crippen molar-refractivity contribution in [3.05, 3.63) is 93.4 Å². The third-order valence-electron chi connectivity index (χ3n) is 5.37. The highest BCUT2D eigenvalue weighted by Gasteiger charge is 2.29. The largest absolute Gasteiger partial charge is 0.461 e. The van der Waals surface area contributed by atoms with E-state index >= 15 is 0 Å². The summed E-state index contributed by atoms with van der Waals surface area (Å²) < 4.78 is 17.3. The van der Waals surface area contributed by atoms with Crippen molar-refractivity contribution in [2.24, 2.45) is 0 Å². The second-order valence-corrected chi connectivity index (χ2v) is 8.25. The number of allylic oxidation sites excluding steroid dienone is 3. The number of benzene rings is 2. The van der Waals surface area contributed by atoms with Crippen molar-refractivity contribution in [1.82, 2.24) is 0 Å². The van der Waals surface area contributed by atoms with Gasteiger partial charge in [0, 0.05) is 40.0 Å². The van der Waals surface area contributed by atoms with Gasteiger partial charge in [-0.3, -0.25) is 4.79 Å². The Bertz CT molecular complexity index is 1140. The average Bonchev–Trinajstić information content (AvgIpc) is 3.47. The van der Waals surface area contributed by atoms with Crippen LogP contribution in [0.2, 0.25) is 0 Å². The van der Waals surface area contributed by atoms with Crippen LogP contribution in [-0.2, 0) is 0 Å². The van der Waals surface area contributed by atoms with E-state index in [1.165, 1.54) is 4.88 Å². The van der Waals surface area contributed by atoms with Gasteiger partial charge in [-0.05, 0) is 30.5 Å². The highest BCUT2D eigenvalue weighted by atomic mass is 32.1. The molecule has 0 N–H and O–H groups in total. The van der Waals surface area contributed by atoms with Crippen molar-refractivity contribution < 1.29 is 19.0 Å². The summed E-state index contributed by atoms with van der Waals surface area (Å²) >= 11 is 1.69. The fourth-order valence-electron chi connectivity index (χ4n) is 3.73. The Morgan fingerprint density at radius 2 is 1.83 bits per heavy atom. The molecule has 5 rings (SSSR count). The van der Waals surface area contributed by atoms with E-state index in [4.69, 9.17) is 14.2 Å². The molecule has 1 aromatic heterocycles. The first-order valence-electron chi connectivity index (χ1n) is 9.81. The van der Waals surface area contributed by atoms with Crippen molar-refractivity contribution >= 4 is 23.2 Å². The van der Waals surface area contributed by atoms with E-state index < -0.39 is 0 Å². The summed E-state index contributed by atoms with van der Waals surface area (Å²) in [4.78, 5) is 14.2. The van der Waals surface area contributed by atoms with Gasteiger partial charge in [0.1, 0.15) is 11.5 Å². The highest BCUT2D eigenvalue weighted by Crippen LogP contribution is 2.47. The number of thiophene rings is 1. The number of ketones is 1. The van der Waals surface area contributed by atoms with Crippen LogP contribution < -0.4 is 14.2 Å². The van der Waals surface area contributed by atoms with Crippen molar-refractivity contribution in [2.45, 2.75) is 19.3 Å². The molecule has 3 heterocycles. The summed E-state index contributed by atoms with van der Waals surface area (Å²) in [6.45, 7) is 2.05. The van der Waals surface area contributed by atoms with Gasteiger partial charge in [-0.1, -0.05) is 42.5 Å². The first-order chi connectivity index (χ1) is 14.7. The van der Waals surface area contributed by atoms with E-state index in [9.17, 15) is 4.79 Å². The molecule has 5 heteroatoms. The van der Waals surface area contributed by atoms with Crippen LogP contribution in [0.1, 0.15) is 40.1 Å². The predicted octanol–water partition coefficient (Wildman–Crippen LogP) is 6.21. The topological polar surface area (TPSA) is 44.8 Å². The number of hydrogen-bond acceptors (Lipinski definition) is 5. The molecule has 0 aliphatic carbocycles. The molecular formula is C25H20O4S. The summed E-state index contributed by atoms with van der Waals surface area (Å²) in [7, 11) is 0. The maximum Gasteiger partial charge on any atom is 0.231 e. The van der Waals surface area contributed by atoms with E-state index in [0.29, 0.717) is 34.8 Å². The van der Waals surface area contributed by atoms with Crippen LogP contribution >= 0.6 is 11.3 Å². The van der Waals surface area contributed by atoms with Gasteiger partial charge >= 0.3 is 0 Å². The number of hydrogen-bond donors (Lipinski definition) is 0. The molecule has 150 valence electrons. The molecule has 2 aromatic carbocycles. The zero-order valence-electron chi connectivity index (χ0n) is 16.5. The Balaban J connectivity index is 1.54. The normalized spacial score (nSPS) is 18.8. The fourth-order valence-corrected chi connectivity index (χ4v) is 4.36. The summed E-state index contributed by atoms with van der Waals surface area (Å²) in [6, 6.07) is 17.3. The lowest BCUT2D eigenvalue weighted by molar-refractivity contribution is 0.102. The number of carbonyl (C=O) groups excluding carboxylic acids is 1. The van der Waals surface area contributed by atoms with Crippen molar-refractivity contribution in [1.29, 1.82) is 0 Å². The van der Waals surface area contributed by atoms with Crippen molar-refractivity contribution in [3.8, 4) is 17.2 Å². The highest BCUT2D eigenvalue weighted by molar-refractivity contribution is 7.10. The molecule has 0 radical (unpaired) electrons. The number of ether oxygens (including phenoxy) is 3. The van der Waals surface area contributed by atoms with Crippen LogP contribution in [0.5, 0.6) is 17.2 Å². The van der Waals surface area contributed by atoms with E-state index in [1.807, 2.05) is 55.5 Å². The quantitative estimate of drug-likeness (QED) is 0.374. The van der Waals surface area contributed by atoms with Crippen LogP contribution in [0.15, 0.2) is 77.4 Å². The van der Waals surface area contributed by atoms with Crippen LogP contribution in [0.4, 0.5) is 0 Å². The SMILES string of the molecule is C/C(C(=O)c1ccccc1)=C1/C[C@@H](/C=C/c2cccs2)c2cc3c(cc2O1)OCO3. The molecule has 0 spiro atoms. The fraction of sp³-hybridized carbons (Fsp3) is 0.160. The molecule has 1 atom stereocenters. The Labute approximate surface area is 179 Å². The summed E-state index contributed by atoms with van der Waals surface area (Å²) in [6.07, 6.45) is 4.91. The number of Topliss-reactive ketones (excluding diaryl/α,β-unsaturated/α-hetero) is 1. The Hall–Kier alpha value is -3.31. The maximum atomic E-state index is 13.0. The molecule has 2 aliphatic rings. The van der Waals surface area contributed by atoms with Gasteiger partial charge in [0.05, 0.1) is 0 Å². The minimum absolute atomic E-state index is 0.0178. The van der Waals surface area contributed by atoms with E-state index in [2.05, 4.69) is 23.6 Å². The third-order valence-corrected chi connectivity index (χ3v) is 6.21. The second kappa shape index (κ2) is 7.84. The summed E-state index contributed by atoms with van der Waals surface area (Å²) in [5.74, 6) is 2.85. The molecule has 0 bridgehead atoms. The van der Waals surface area contributed by atoms with Gasteiger partial charge < -0.3 is 14.2 Å². The molecule has 0 amide bonds. The first-order valence-corrected chi connectivity index (χ1v) is 10.7. The molecule has 0 unspecified atom stereocenters. The molecule has 2 aliphatic heterocycles. The third kappa shape index (κ3) is 3.53. The smallest absolute Gasteiger partial charge is 0.231 e. The van der Waals surface area contributed by atoms with Gasteiger partial charge in [-0.15, -0.1) is 11.3 Å². The Kier molecular flexibility index (Phi) is 4.89. The Morgan fingerprint density at radius 1 is 1.03 bits per heavy atom. The van der Waals surface area contributed by atoms with Gasteiger partial charge in [0.25, 0.3) is 0 Å². The zero-order chi connectivity index (χ0) is 20.5. The van der Waals surface area contributed by atoms with E-state index in [-0.39, 0.29) is 18.5 Å². The second-order valence-electron chi connectivity index (χ2n) is 7.27. The van der Waals surface area contributed by atoms with Gasteiger partial charge in [0.2, 0.25) is 6.79 Å². The van der Waals surface area contributed by atoms with E-state index in [1.54, 1.807) is 11.3 Å². The van der Waals surface area contributed by atoms with Gasteiger partial charge in [0.15, 0.2) is 17.3 Å². The lowest BCUT2D eigenvalue weighted by Gasteiger charge is -2.27. The summed E-state index contributed by atoms with van der Waals surface area (Å²) in [5, 5.41) is 2.06. The molecule has 0 fully saturated rings. The molecule has 0 saturated heterocycles. The van der Waals surface area contributed by atoms with Crippen LogP contribution in [-0.4, -0.2) is 12.6 Å². The zero-order valence-corrected chi connectivity index (χ0v) is 17.3. The molecule has 0 saturated carbocycles. The number of rotatable bonds is 4. The van der Waals surface area contributed by atoms with Gasteiger partial charge in [-0.25, -0.2) is 0 Å². The number of carbonyl (C=O) groups is 1. The summed E-state index contributed by atoms with van der Waals surface area (Å²) in [5.41, 5.74) is 2.32. The minimum atomic E-state index is -0.0178. The van der Waals surface area contributed by atoms with Gasteiger partial charge in [-0.2, -0.15) is 0 Å². The molecule has 4 nitrogen and oxygen atoms in total. The lowest BCUT2D eigenvalue weighted by Crippen LogP contribution is -2.16. The van der Waals surface area contributed by atoms with Crippen LogP contribution in [0, 0.1) is 0 Å². The minimum Gasteiger partial charge on any atom is -0.461 e. The monoisotopic (exact) mass is 416 g/mol. The number of fused-ring (bicyclic) bond motifs is 2. The standard InChI is InChI=1S/C25H20O4S/c1-16(25(26)17-6-3-2-4-7-17)21-12-18(9-10-19-8-5-11-30-19)20-13-23-24(28-15-27-23)14-22(20)29-21/h2-11,13-14,18H,12,15H2,1H3/b10-9+,21-16+/t18-/m1/s1. The predicted molar refractivity (Wildman–Crippen MR) is 117 cm³/mol. The first kappa shape index (κ1) is 18.7. The average molecular weight is 416 g/mol. The molecule has 3 aromatic rings. The van der Waals surface area contributed by atoms with Crippen molar-refractivity contribution in [3.63, 3.8) is 0 Å². The molecule has 30 heavy (non-hydrogen) atoms. The molecular weight excluding hydrogens is 396 g/mol. The van der Waals surface area contributed by atoms with Crippen molar-refractivity contribution in [2.75, 3.05) is 6.79 Å². The Morgan fingerprint density at radius 3 is 2.60 bits per heavy atom. The lowest BCUT2D eigenvalue weighted by atomic mass is 9.88. The van der Waals surface area contributed by atoms with Crippen LogP contribution in [0.25, 0.3) is 6.08 Å².